The number of esters is 2. The SMILES string of the molecule is CC(=O)O[C@@H]1C[C@@]2(C)C(=CC[C@]3(C)[C@@H]2CC=C2[C@]4(O)CC(C)(C)CC[C@]4(C(=O)O)CC[C@]23C)C(C)(C)[C@H]1OC(C)=O. The normalized spacial score (nSPS) is 45.9. The van der Waals surface area contributed by atoms with Gasteiger partial charge in [-0.05, 0) is 84.5 Å². The van der Waals surface area contributed by atoms with Crippen molar-refractivity contribution in [2.75, 3.05) is 0 Å². The van der Waals surface area contributed by atoms with E-state index < -0.39 is 52.0 Å². The number of allylic oxidation sites excluding steroid dienone is 2. The van der Waals surface area contributed by atoms with Crippen LogP contribution in [0.4, 0.5) is 0 Å². The van der Waals surface area contributed by atoms with Crippen LogP contribution in [-0.2, 0) is 23.9 Å². The number of carboxylic acid groups (broad SMARTS) is 1. The van der Waals surface area contributed by atoms with Gasteiger partial charge in [0.2, 0.25) is 0 Å². The van der Waals surface area contributed by atoms with Crippen molar-refractivity contribution in [1.82, 2.24) is 0 Å². The lowest BCUT2D eigenvalue weighted by molar-refractivity contribution is -0.210. The third-order valence-corrected chi connectivity index (χ3v) is 12.9. The summed E-state index contributed by atoms with van der Waals surface area (Å²) in [5.74, 6) is -1.50. The first-order valence-corrected chi connectivity index (χ1v) is 15.4. The maximum absolute atomic E-state index is 12.9. The Morgan fingerprint density at radius 1 is 0.854 bits per heavy atom. The average Bonchev–Trinajstić information content (AvgIpc) is 2.80. The summed E-state index contributed by atoms with van der Waals surface area (Å²) in [6, 6.07) is 0. The largest absolute Gasteiger partial charge is 0.481 e. The molecule has 41 heavy (non-hydrogen) atoms. The second kappa shape index (κ2) is 8.93. The molecule has 0 unspecified atom stereocenters. The molecule has 5 rings (SSSR count). The number of hydrogen-bond donors (Lipinski definition) is 2. The fraction of sp³-hybridized carbons (Fsp3) is 0.794. The molecule has 3 fully saturated rings. The molecule has 0 saturated heterocycles. The van der Waals surface area contributed by atoms with Gasteiger partial charge in [-0.3, -0.25) is 14.4 Å². The molecule has 7 nitrogen and oxygen atoms in total. The van der Waals surface area contributed by atoms with Crippen molar-refractivity contribution in [3.05, 3.63) is 23.3 Å². The molecule has 8 atom stereocenters. The first kappa shape index (κ1) is 30.3. The molecule has 5 aliphatic rings. The van der Waals surface area contributed by atoms with E-state index in [9.17, 15) is 24.6 Å². The Labute approximate surface area is 245 Å². The van der Waals surface area contributed by atoms with Crippen LogP contribution in [0.15, 0.2) is 23.3 Å². The van der Waals surface area contributed by atoms with Crippen molar-refractivity contribution in [2.24, 2.45) is 38.4 Å². The summed E-state index contributed by atoms with van der Waals surface area (Å²) in [4.78, 5) is 37.3. The van der Waals surface area contributed by atoms with E-state index in [2.05, 4.69) is 60.6 Å². The van der Waals surface area contributed by atoms with Crippen LogP contribution in [0.1, 0.15) is 114 Å². The van der Waals surface area contributed by atoms with E-state index in [1.54, 1.807) is 0 Å². The average molecular weight is 571 g/mol. The van der Waals surface area contributed by atoms with Gasteiger partial charge < -0.3 is 19.7 Å². The van der Waals surface area contributed by atoms with Gasteiger partial charge in [0, 0.05) is 19.3 Å². The molecule has 0 aromatic carbocycles. The minimum atomic E-state index is -1.40. The second-order valence-corrected chi connectivity index (χ2v) is 16.1. The van der Waals surface area contributed by atoms with E-state index in [0.29, 0.717) is 38.5 Å². The Kier molecular flexibility index (Phi) is 6.60. The molecule has 7 heteroatoms. The number of carboxylic acids is 1. The molecule has 2 N–H and O–H groups in total. The maximum Gasteiger partial charge on any atom is 0.312 e. The lowest BCUT2D eigenvalue weighted by atomic mass is 9.34. The highest BCUT2D eigenvalue weighted by Gasteiger charge is 2.73. The zero-order chi connectivity index (χ0) is 30.6. The number of aliphatic carboxylic acids is 1. The number of hydrogen-bond acceptors (Lipinski definition) is 6. The minimum absolute atomic E-state index is 0.160. The fourth-order valence-electron chi connectivity index (χ4n) is 10.9. The molecule has 3 saturated carbocycles. The molecule has 0 amide bonds. The molecule has 0 heterocycles. The fourth-order valence-corrected chi connectivity index (χ4v) is 10.9. The minimum Gasteiger partial charge on any atom is -0.481 e. The summed E-state index contributed by atoms with van der Waals surface area (Å²) in [5.41, 5.74) is -2.15. The van der Waals surface area contributed by atoms with Gasteiger partial charge in [0.05, 0.1) is 0 Å². The van der Waals surface area contributed by atoms with Crippen LogP contribution in [0, 0.1) is 38.4 Å². The summed E-state index contributed by atoms with van der Waals surface area (Å²) in [5, 5.41) is 23.3. The van der Waals surface area contributed by atoms with Crippen LogP contribution >= 0.6 is 0 Å². The molecule has 0 aromatic rings. The molecule has 0 aromatic heterocycles. The van der Waals surface area contributed by atoms with Gasteiger partial charge in [0.25, 0.3) is 0 Å². The number of aliphatic hydroxyl groups is 1. The lowest BCUT2D eigenvalue weighted by Gasteiger charge is -2.70. The van der Waals surface area contributed by atoms with Crippen LogP contribution in [0.2, 0.25) is 0 Å². The van der Waals surface area contributed by atoms with Gasteiger partial charge in [-0.1, -0.05) is 66.2 Å². The standard InChI is InChI=1S/C34H50O7/c1-20(35)40-22-18-30(7)23(29(5,6)26(22)41-21(2)36)12-13-31(8)24(30)10-11-25-32(31,9)15-17-33(27(37)38)16-14-28(3,4)19-34(25,33)39/h11-12,22,24,26,39H,10,13-19H2,1-9H3,(H,37,38)/t22-,24-,26+,30+,31-,32-,33-,34-/m1/s1. The Morgan fingerprint density at radius 2 is 1.46 bits per heavy atom. The molecular weight excluding hydrogens is 520 g/mol. The number of ether oxygens (including phenoxy) is 2. The van der Waals surface area contributed by atoms with Gasteiger partial charge in [-0.2, -0.15) is 0 Å². The summed E-state index contributed by atoms with van der Waals surface area (Å²) in [6.07, 6.45) is 8.25. The van der Waals surface area contributed by atoms with Crippen molar-refractivity contribution in [2.45, 2.75) is 131 Å². The molecule has 5 aliphatic carbocycles. The summed E-state index contributed by atoms with van der Waals surface area (Å²) in [7, 11) is 0. The van der Waals surface area contributed by atoms with Crippen molar-refractivity contribution < 1.29 is 34.1 Å². The number of carbonyl (C=O) groups is 3. The first-order valence-electron chi connectivity index (χ1n) is 15.4. The number of rotatable bonds is 3. The van der Waals surface area contributed by atoms with E-state index in [0.717, 1.165) is 18.4 Å². The monoisotopic (exact) mass is 570 g/mol. The van der Waals surface area contributed by atoms with Crippen molar-refractivity contribution >= 4 is 17.9 Å². The molecule has 0 bridgehead atoms. The van der Waals surface area contributed by atoms with Crippen LogP contribution < -0.4 is 0 Å². The Bertz CT molecular complexity index is 1240. The predicted molar refractivity (Wildman–Crippen MR) is 155 cm³/mol. The van der Waals surface area contributed by atoms with Gasteiger partial charge in [-0.25, -0.2) is 0 Å². The molecular formula is C34H50O7. The number of fused-ring (bicyclic) bond motifs is 7. The lowest BCUT2D eigenvalue weighted by Crippen LogP contribution is -2.69. The molecule has 0 radical (unpaired) electrons. The van der Waals surface area contributed by atoms with Crippen LogP contribution in [0.25, 0.3) is 0 Å². The zero-order valence-corrected chi connectivity index (χ0v) is 26.5. The van der Waals surface area contributed by atoms with Gasteiger partial charge >= 0.3 is 17.9 Å². The third-order valence-electron chi connectivity index (χ3n) is 12.9. The van der Waals surface area contributed by atoms with E-state index >= 15 is 0 Å². The van der Waals surface area contributed by atoms with Crippen LogP contribution in [0.5, 0.6) is 0 Å². The van der Waals surface area contributed by atoms with Crippen molar-refractivity contribution in [1.29, 1.82) is 0 Å². The highest BCUT2D eigenvalue weighted by atomic mass is 16.6. The van der Waals surface area contributed by atoms with E-state index in [4.69, 9.17) is 9.47 Å². The quantitative estimate of drug-likeness (QED) is 0.299. The van der Waals surface area contributed by atoms with E-state index in [1.165, 1.54) is 19.4 Å². The third kappa shape index (κ3) is 3.89. The Hall–Kier alpha value is -2.15. The Morgan fingerprint density at radius 3 is 2.05 bits per heavy atom. The maximum atomic E-state index is 12.9. The summed E-state index contributed by atoms with van der Waals surface area (Å²) >= 11 is 0. The van der Waals surface area contributed by atoms with Gasteiger partial charge in [0.1, 0.15) is 23.2 Å². The molecule has 228 valence electrons. The van der Waals surface area contributed by atoms with Crippen LogP contribution in [-0.4, -0.2) is 45.9 Å². The van der Waals surface area contributed by atoms with Crippen LogP contribution in [0.3, 0.4) is 0 Å². The van der Waals surface area contributed by atoms with Gasteiger partial charge in [-0.15, -0.1) is 0 Å². The van der Waals surface area contributed by atoms with E-state index in [1.807, 2.05) is 0 Å². The predicted octanol–water partition coefficient (Wildman–Crippen LogP) is 6.38. The summed E-state index contributed by atoms with van der Waals surface area (Å²) in [6.45, 7) is 18.1. The highest BCUT2D eigenvalue weighted by Crippen LogP contribution is 2.75. The topological polar surface area (TPSA) is 110 Å². The molecule has 0 spiro atoms. The molecule has 0 aliphatic heterocycles. The number of carbonyl (C=O) groups excluding carboxylic acids is 2. The smallest absolute Gasteiger partial charge is 0.312 e. The highest BCUT2D eigenvalue weighted by molar-refractivity contribution is 5.78. The van der Waals surface area contributed by atoms with Crippen molar-refractivity contribution in [3.8, 4) is 0 Å². The first-order chi connectivity index (χ1) is 18.7. The van der Waals surface area contributed by atoms with Crippen molar-refractivity contribution in [3.63, 3.8) is 0 Å². The Balaban J connectivity index is 1.64. The van der Waals surface area contributed by atoms with E-state index in [-0.39, 0.29) is 22.2 Å². The second-order valence-electron chi connectivity index (χ2n) is 16.1. The van der Waals surface area contributed by atoms with Gasteiger partial charge in [0.15, 0.2) is 0 Å². The zero-order valence-electron chi connectivity index (χ0n) is 26.5. The summed E-state index contributed by atoms with van der Waals surface area (Å²) < 4.78 is 11.7.